The van der Waals surface area contributed by atoms with Gasteiger partial charge < -0.3 is 15.8 Å². The highest BCUT2D eigenvalue weighted by molar-refractivity contribution is 9.10. The number of anilines is 2. The lowest BCUT2D eigenvalue weighted by molar-refractivity contribution is 0.415. The molecule has 0 heterocycles. The fourth-order valence-electron chi connectivity index (χ4n) is 1.74. The Labute approximate surface area is 146 Å². The molecule has 3 nitrogen and oxygen atoms in total. The normalized spacial score (nSPS) is 10.3. The van der Waals surface area contributed by atoms with Gasteiger partial charge in [0, 0.05) is 16.1 Å². The Hall–Kier alpha value is -1.01. The zero-order chi connectivity index (χ0) is 15.6. The van der Waals surface area contributed by atoms with Crippen LogP contribution in [0.4, 0.5) is 11.4 Å². The predicted molar refractivity (Wildman–Crippen MR) is 96.3 cm³/mol. The van der Waals surface area contributed by atoms with Gasteiger partial charge in [-0.2, -0.15) is 0 Å². The molecule has 2 aromatic rings. The van der Waals surface area contributed by atoms with Crippen LogP contribution in [0.5, 0.6) is 5.75 Å². The Morgan fingerprint density at radius 3 is 2.52 bits per heavy atom. The van der Waals surface area contributed by atoms with Crippen molar-refractivity contribution < 1.29 is 4.74 Å². The van der Waals surface area contributed by atoms with Gasteiger partial charge in [-0.1, -0.05) is 35.4 Å². The van der Waals surface area contributed by atoms with Crippen LogP contribution in [0.2, 0.25) is 10.0 Å². The lowest BCUT2D eigenvalue weighted by Crippen LogP contribution is -2.12. The fourth-order valence-corrected chi connectivity index (χ4v) is 2.74. The average Bonchev–Trinajstić information content (AvgIpc) is 2.47. The van der Waals surface area contributed by atoms with Gasteiger partial charge in [0.2, 0.25) is 0 Å². The molecule has 0 aliphatic carbocycles. The van der Waals surface area contributed by atoms with Crippen LogP contribution in [0.15, 0.2) is 34.8 Å². The highest BCUT2D eigenvalue weighted by atomic mass is 79.9. The molecule has 2 rings (SSSR count). The summed E-state index contributed by atoms with van der Waals surface area (Å²) in [5.41, 5.74) is 7.78. The third-order valence-corrected chi connectivity index (χ3v) is 4.79. The zero-order valence-corrected chi connectivity index (χ0v) is 14.8. The van der Waals surface area contributed by atoms with Crippen LogP contribution in [-0.4, -0.2) is 12.1 Å². The van der Waals surface area contributed by atoms with E-state index in [1.165, 1.54) is 0 Å². The number of benzene rings is 2. The van der Waals surface area contributed by atoms with E-state index < -0.39 is 0 Å². The first-order valence-corrected chi connectivity index (χ1v) is 7.78. The average molecular weight is 406 g/mol. The molecule has 0 amide bonds. The quantitative estimate of drug-likeness (QED) is 0.545. The van der Waals surface area contributed by atoms with Gasteiger partial charge >= 0.3 is 0 Å². The van der Waals surface area contributed by atoms with E-state index in [0.29, 0.717) is 32.7 Å². The minimum Gasteiger partial charge on any atom is -0.497 e. The number of nitrogens with two attached hydrogens (primary N) is 1. The summed E-state index contributed by atoms with van der Waals surface area (Å²) in [6, 6.07) is 8.98. The van der Waals surface area contributed by atoms with E-state index in [1.54, 1.807) is 37.4 Å². The van der Waals surface area contributed by atoms with Gasteiger partial charge in [0.25, 0.3) is 0 Å². The Balaban J connectivity index is 2.48. The molecule has 0 aromatic heterocycles. The van der Waals surface area contributed by atoms with Crippen LogP contribution in [0.25, 0.3) is 0 Å². The van der Waals surface area contributed by atoms with Crippen molar-refractivity contribution in [3.63, 3.8) is 0 Å². The Kier molecular flexibility index (Phi) is 5.32. The molecule has 0 bridgehead atoms. The van der Waals surface area contributed by atoms with Crippen molar-refractivity contribution in [2.24, 2.45) is 5.73 Å². The minimum atomic E-state index is 0.277. The second-order valence-electron chi connectivity index (χ2n) is 4.12. The molecule has 0 aliphatic heterocycles. The second kappa shape index (κ2) is 6.83. The van der Waals surface area contributed by atoms with Crippen LogP contribution >= 0.6 is 51.3 Å². The maximum atomic E-state index is 6.23. The molecular weight excluding hydrogens is 395 g/mol. The SMILES string of the molecule is COc1ccc(C(N)=S)c(Nc2ccc(Br)c(Cl)c2Cl)c1. The van der Waals surface area contributed by atoms with Crippen LogP contribution in [0.1, 0.15) is 5.56 Å². The van der Waals surface area contributed by atoms with Crippen LogP contribution < -0.4 is 15.8 Å². The van der Waals surface area contributed by atoms with E-state index in [-0.39, 0.29) is 4.99 Å². The topological polar surface area (TPSA) is 47.3 Å². The smallest absolute Gasteiger partial charge is 0.120 e. The molecule has 0 saturated carbocycles. The van der Waals surface area contributed by atoms with E-state index >= 15 is 0 Å². The number of hydrogen-bond donors (Lipinski definition) is 2. The first-order valence-electron chi connectivity index (χ1n) is 5.82. The monoisotopic (exact) mass is 404 g/mol. The van der Waals surface area contributed by atoms with Gasteiger partial charge in [-0.25, -0.2) is 0 Å². The Bertz CT molecular complexity index is 710. The fraction of sp³-hybridized carbons (Fsp3) is 0.0714. The van der Waals surface area contributed by atoms with Crippen LogP contribution in [0.3, 0.4) is 0 Å². The van der Waals surface area contributed by atoms with Crippen molar-refractivity contribution in [2.45, 2.75) is 0 Å². The summed E-state index contributed by atoms with van der Waals surface area (Å²) in [6.45, 7) is 0. The molecule has 21 heavy (non-hydrogen) atoms. The maximum absolute atomic E-state index is 6.23. The zero-order valence-electron chi connectivity index (χ0n) is 10.9. The maximum Gasteiger partial charge on any atom is 0.120 e. The van der Waals surface area contributed by atoms with Crippen LogP contribution in [0, 0.1) is 0 Å². The van der Waals surface area contributed by atoms with E-state index in [1.807, 2.05) is 0 Å². The molecule has 0 unspecified atom stereocenters. The molecule has 0 spiro atoms. The molecule has 0 fully saturated rings. The minimum absolute atomic E-state index is 0.277. The molecule has 7 heteroatoms. The number of rotatable bonds is 4. The standard InChI is InChI=1S/C14H11BrCl2N2OS/c1-20-7-2-3-8(14(18)21)11(6-7)19-10-5-4-9(15)12(16)13(10)17/h2-6,19H,1H3,(H2,18,21). The van der Waals surface area contributed by atoms with Gasteiger partial charge in [-0.15, -0.1) is 0 Å². The Morgan fingerprint density at radius 2 is 1.90 bits per heavy atom. The number of ether oxygens (including phenoxy) is 1. The highest BCUT2D eigenvalue weighted by Crippen LogP contribution is 2.38. The molecule has 0 atom stereocenters. The molecule has 110 valence electrons. The number of methoxy groups -OCH3 is 1. The van der Waals surface area contributed by atoms with Gasteiger partial charge in [-0.05, 0) is 40.2 Å². The predicted octanol–water partition coefficient (Wildman–Crippen LogP) is 5.14. The number of thiocarbonyl (C=S) groups is 1. The van der Waals surface area contributed by atoms with Gasteiger partial charge in [-0.3, -0.25) is 0 Å². The van der Waals surface area contributed by atoms with Gasteiger partial charge in [0.1, 0.15) is 10.7 Å². The van der Waals surface area contributed by atoms with Gasteiger partial charge in [0.15, 0.2) is 0 Å². The van der Waals surface area contributed by atoms with E-state index in [4.69, 9.17) is 45.9 Å². The number of nitrogens with one attached hydrogen (secondary N) is 1. The van der Waals surface area contributed by atoms with Crippen molar-refractivity contribution in [3.8, 4) is 5.75 Å². The molecule has 2 aromatic carbocycles. The third-order valence-electron chi connectivity index (χ3n) is 2.80. The van der Waals surface area contributed by atoms with Crippen molar-refractivity contribution in [2.75, 3.05) is 12.4 Å². The number of hydrogen-bond acceptors (Lipinski definition) is 3. The van der Waals surface area contributed by atoms with Crippen LogP contribution in [-0.2, 0) is 0 Å². The van der Waals surface area contributed by atoms with Crippen molar-refractivity contribution in [3.05, 3.63) is 50.4 Å². The summed E-state index contributed by atoms with van der Waals surface area (Å²) in [7, 11) is 1.59. The Morgan fingerprint density at radius 1 is 1.19 bits per heavy atom. The molecular formula is C14H11BrCl2N2OS. The molecule has 0 aliphatic rings. The second-order valence-corrected chi connectivity index (χ2v) is 6.17. The molecule has 0 saturated heterocycles. The lowest BCUT2D eigenvalue weighted by Gasteiger charge is -2.15. The lowest BCUT2D eigenvalue weighted by atomic mass is 10.1. The summed E-state index contributed by atoms with van der Waals surface area (Å²) in [5.74, 6) is 0.678. The largest absolute Gasteiger partial charge is 0.497 e. The van der Waals surface area contributed by atoms with Gasteiger partial charge in [0.05, 0.1) is 28.5 Å². The first-order chi connectivity index (χ1) is 9.93. The molecule has 0 radical (unpaired) electrons. The first kappa shape index (κ1) is 16.4. The van der Waals surface area contributed by atoms with E-state index in [2.05, 4.69) is 21.2 Å². The van der Waals surface area contributed by atoms with E-state index in [0.717, 1.165) is 4.47 Å². The van der Waals surface area contributed by atoms with E-state index in [9.17, 15) is 0 Å². The number of halogens is 3. The summed E-state index contributed by atoms with van der Waals surface area (Å²) in [4.78, 5) is 0.277. The molecule has 3 N–H and O–H groups in total. The summed E-state index contributed by atoms with van der Waals surface area (Å²) in [6.07, 6.45) is 0. The van der Waals surface area contributed by atoms with Crippen molar-refractivity contribution in [1.29, 1.82) is 0 Å². The summed E-state index contributed by atoms with van der Waals surface area (Å²) < 4.78 is 5.93. The summed E-state index contributed by atoms with van der Waals surface area (Å²) in [5, 5.41) is 4.02. The van der Waals surface area contributed by atoms with Crippen molar-refractivity contribution >= 4 is 67.7 Å². The third kappa shape index (κ3) is 3.61. The van der Waals surface area contributed by atoms with Crippen molar-refractivity contribution in [1.82, 2.24) is 0 Å². The highest BCUT2D eigenvalue weighted by Gasteiger charge is 2.12. The summed E-state index contributed by atoms with van der Waals surface area (Å²) >= 11 is 20.7.